The molecular weight excluding hydrogens is 188 g/mol. The Kier molecular flexibility index (Phi) is 2.58. The van der Waals surface area contributed by atoms with E-state index in [1.807, 2.05) is 0 Å². The Morgan fingerprint density at radius 1 is 1.20 bits per heavy atom. The summed E-state index contributed by atoms with van der Waals surface area (Å²) in [6.45, 7) is 7.31. The molecule has 0 fully saturated rings. The molecule has 0 radical (unpaired) electrons. The zero-order valence-electron chi connectivity index (χ0n) is 8.40. The van der Waals surface area contributed by atoms with Crippen molar-refractivity contribution in [1.82, 2.24) is 19.9 Å². The van der Waals surface area contributed by atoms with Crippen molar-refractivity contribution in [2.45, 2.75) is 12.8 Å². The van der Waals surface area contributed by atoms with E-state index in [0.717, 1.165) is 17.2 Å². The molecule has 2 aromatic rings. The van der Waals surface area contributed by atoms with Gasteiger partial charge in [0.05, 0.1) is 6.20 Å². The molecule has 0 aliphatic rings. The van der Waals surface area contributed by atoms with Crippen LogP contribution in [0, 0.1) is 0 Å². The van der Waals surface area contributed by atoms with Crippen LogP contribution in [0.2, 0.25) is 0 Å². The predicted octanol–water partition coefficient (Wildman–Crippen LogP) is 1.81. The number of hydrogen-bond donors (Lipinski definition) is 1. The van der Waals surface area contributed by atoms with Crippen molar-refractivity contribution in [2.24, 2.45) is 0 Å². The second-order valence-corrected chi connectivity index (χ2v) is 3.19. The molecule has 0 aliphatic heterocycles. The Hall–Kier alpha value is -1.97. The summed E-state index contributed by atoms with van der Waals surface area (Å²) in [6.07, 6.45) is 6.71. The molecule has 1 N–H and O–H groups in total. The van der Waals surface area contributed by atoms with Crippen LogP contribution in [0.3, 0.4) is 0 Å². The number of aromatic amines is 1. The molecule has 0 amide bonds. The van der Waals surface area contributed by atoms with E-state index in [0.29, 0.717) is 18.5 Å². The van der Waals surface area contributed by atoms with E-state index >= 15 is 0 Å². The smallest absolute Gasteiger partial charge is 0.181 e. The molecule has 0 aromatic carbocycles. The average molecular weight is 200 g/mol. The Morgan fingerprint density at radius 3 is 2.73 bits per heavy atom. The van der Waals surface area contributed by atoms with Crippen LogP contribution in [0.4, 0.5) is 0 Å². The van der Waals surface area contributed by atoms with Gasteiger partial charge in [0.2, 0.25) is 0 Å². The molecule has 0 atom stereocenters. The molecule has 4 heteroatoms. The van der Waals surface area contributed by atoms with Crippen LogP contribution in [0.15, 0.2) is 31.5 Å². The van der Waals surface area contributed by atoms with Crippen molar-refractivity contribution in [2.75, 3.05) is 0 Å². The third kappa shape index (κ3) is 1.93. The number of nitrogens with zero attached hydrogens (tertiary/aromatic N) is 3. The highest BCUT2D eigenvalue weighted by molar-refractivity contribution is 5.69. The minimum Gasteiger partial charge on any atom is -0.339 e. The van der Waals surface area contributed by atoms with Crippen molar-refractivity contribution in [1.29, 1.82) is 0 Å². The third-order valence-corrected chi connectivity index (χ3v) is 2.00. The van der Waals surface area contributed by atoms with Crippen molar-refractivity contribution in [3.05, 3.63) is 43.2 Å². The van der Waals surface area contributed by atoms with Crippen molar-refractivity contribution < 1.29 is 0 Å². The van der Waals surface area contributed by atoms with Gasteiger partial charge in [0.1, 0.15) is 17.2 Å². The van der Waals surface area contributed by atoms with Crippen molar-refractivity contribution >= 4 is 11.2 Å². The Balaban J connectivity index is 2.42. The maximum Gasteiger partial charge on any atom is 0.181 e. The number of nitrogens with one attached hydrogen (secondary N) is 1. The molecule has 0 spiro atoms. The van der Waals surface area contributed by atoms with E-state index in [4.69, 9.17) is 0 Å². The first kappa shape index (κ1) is 9.58. The number of fused-ring (bicyclic) bond motifs is 1. The fourth-order valence-corrected chi connectivity index (χ4v) is 1.35. The molecule has 0 saturated carbocycles. The minimum atomic E-state index is 0.666. The highest BCUT2D eigenvalue weighted by Gasteiger charge is 2.04. The molecule has 2 rings (SSSR count). The summed E-state index contributed by atoms with van der Waals surface area (Å²) in [6, 6.07) is 0. The lowest BCUT2D eigenvalue weighted by atomic mass is 10.4. The van der Waals surface area contributed by atoms with Crippen LogP contribution in [-0.4, -0.2) is 19.9 Å². The maximum atomic E-state index is 4.33. The number of imidazole rings is 1. The number of allylic oxidation sites excluding steroid dienone is 2. The molecule has 76 valence electrons. The van der Waals surface area contributed by atoms with Gasteiger partial charge in [-0.1, -0.05) is 12.2 Å². The Bertz CT molecular complexity index is 490. The summed E-state index contributed by atoms with van der Waals surface area (Å²) in [7, 11) is 0. The van der Waals surface area contributed by atoms with Crippen molar-refractivity contribution in [3.8, 4) is 0 Å². The monoisotopic (exact) mass is 200 g/mol. The van der Waals surface area contributed by atoms with E-state index in [2.05, 4.69) is 33.1 Å². The van der Waals surface area contributed by atoms with Gasteiger partial charge in [-0.3, -0.25) is 0 Å². The topological polar surface area (TPSA) is 54.5 Å². The standard InChI is InChI=1S/C11H12N4/c1-3-5-9-12-7-8-11(14-9)15-10(13-8)6-4-2/h3-4,7H,1-2,5-6H2,(H,12,13,14,15). The summed E-state index contributed by atoms with van der Waals surface area (Å²) in [4.78, 5) is 16.0. The summed E-state index contributed by atoms with van der Waals surface area (Å²) in [5, 5.41) is 0. The molecule has 15 heavy (non-hydrogen) atoms. The minimum absolute atomic E-state index is 0.666. The molecule has 0 aliphatic carbocycles. The molecule has 2 heterocycles. The zero-order valence-corrected chi connectivity index (χ0v) is 8.40. The van der Waals surface area contributed by atoms with Gasteiger partial charge in [0, 0.05) is 12.8 Å². The largest absolute Gasteiger partial charge is 0.339 e. The fraction of sp³-hybridized carbons (Fsp3) is 0.182. The number of hydrogen-bond acceptors (Lipinski definition) is 3. The number of H-pyrrole nitrogens is 1. The van der Waals surface area contributed by atoms with Gasteiger partial charge in [-0.15, -0.1) is 13.2 Å². The Morgan fingerprint density at radius 2 is 2.00 bits per heavy atom. The van der Waals surface area contributed by atoms with E-state index in [9.17, 15) is 0 Å². The van der Waals surface area contributed by atoms with Gasteiger partial charge in [-0.05, 0) is 0 Å². The Labute approximate surface area is 87.8 Å². The quantitative estimate of drug-likeness (QED) is 0.766. The molecule has 2 aromatic heterocycles. The van der Waals surface area contributed by atoms with Crippen LogP contribution in [0.1, 0.15) is 11.6 Å². The van der Waals surface area contributed by atoms with Gasteiger partial charge >= 0.3 is 0 Å². The number of rotatable bonds is 4. The van der Waals surface area contributed by atoms with Crippen LogP contribution < -0.4 is 0 Å². The lowest BCUT2D eigenvalue weighted by molar-refractivity contribution is 1.01. The van der Waals surface area contributed by atoms with Gasteiger partial charge in [0.25, 0.3) is 0 Å². The van der Waals surface area contributed by atoms with E-state index < -0.39 is 0 Å². The molecule has 0 unspecified atom stereocenters. The third-order valence-electron chi connectivity index (χ3n) is 2.00. The first-order chi connectivity index (χ1) is 7.33. The number of aromatic nitrogens is 4. The summed E-state index contributed by atoms with van der Waals surface area (Å²) >= 11 is 0. The summed E-state index contributed by atoms with van der Waals surface area (Å²) < 4.78 is 0. The summed E-state index contributed by atoms with van der Waals surface area (Å²) in [5.41, 5.74) is 1.57. The first-order valence-corrected chi connectivity index (χ1v) is 4.76. The zero-order chi connectivity index (χ0) is 10.7. The second kappa shape index (κ2) is 4.04. The van der Waals surface area contributed by atoms with E-state index in [-0.39, 0.29) is 0 Å². The van der Waals surface area contributed by atoms with Crippen LogP contribution >= 0.6 is 0 Å². The van der Waals surface area contributed by atoms with Crippen LogP contribution in [0.25, 0.3) is 11.2 Å². The molecular formula is C11H12N4. The van der Waals surface area contributed by atoms with E-state index in [1.165, 1.54) is 0 Å². The molecule has 0 bridgehead atoms. The maximum absolute atomic E-state index is 4.33. The normalized spacial score (nSPS) is 10.4. The molecule has 4 nitrogen and oxygen atoms in total. The lowest BCUT2D eigenvalue weighted by Crippen LogP contribution is -1.92. The predicted molar refractivity (Wildman–Crippen MR) is 59.5 cm³/mol. The molecule has 0 saturated heterocycles. The lowest BCUT2D eigenvalue weighted by Gasteiger charge is -1.92. The second-order valence-electron chi connectivity index (χ2n) is 3.19. The van der Waals surface area contributed by atoms with Crippen LogP contribution in [-0.2, 0) is 12.8 Å². The highest BCUT2D eigenvalue weighted by atomic mass is 15.0. The van der Waals surface area contributed by atoms with E-state index in [1.54, 1.807) is 18.3 Å². The van der Waals surface area contributed by atoms with Gasteiger partial charge in [-0.2, -0.15) is 0 Å². The van der Waals surface area contributed by atoms with Gasteiger partial charge in [0.15, 0.2) is 5.65 Å². The highest BCUT2D eigenvalue weighted by Crippen LogP contribution is 2.08. The average Bonchev–Trinajstić information content (AvgIpc) is 2.60. The first-order valence-electron chi connectivity index (χ1n) is 4.76. The van der Waals surface area contributed by atoms with Gasteiger partial charge in [-0.25, -0.2) is 15.0 Å². The SMILES string of the molecule is C=CCc1ncc2[nH]c(CC=C)nc2n1. The summed E-state index contributed by atoms with van der Waals surface area (Å²) in [5.74, 6) is 1.61. The van der Waals surface area contributed by atoms with Crippen molar-refractivity contribution in [3.63, 3.8) is 0 Å². The fourth-order valence-electron chi connectivity index (χ4n) is 1.35. The van der Waals surface area contributed by atoms with Gasteiger partial charge < -0.3 is 4.98 Å². The van der Waals surface area contributed by atoms with Crippen LogP contribution in [0.5, 0.6) is 0 Å².